The van der Waals surface area contributed by atoms with Crippen molar-refractivity contribution in [2.75, 3.05) is 26.2 Å². The fourth-order valence-corrected chi connectivity index (χ4v) is 2.62. The van der Waals surface area contributed by atoms with Crippen molar-refractivity contribution in [3.05, 3.63) is 0 Å². The lowest BCUT2D eigenvalue weighted by molar-refractivity contribution is 0.0302. The minimum atomic E-state index is 0.487. The van der Waals surface area contributed by atoms with E-state index in [4.69, 9.17) is 4.74 Å². The zero-order valence-corrected chi connectivity index (χ0v) is 14.6. The third kappa shape index (κ3) is 11.7. The second kappa shape index (κ2) is 15.3. The van der Waals surface area contributed by atoms with Crippen LogP contribution in [-0.2, 0) is 4.74 Å². The highest BCUT2D eigenvalue weighted by molar-refractivity contribution is 4.58. The van der Waals surface area contributed by atoms with Gasteiger partial charge in [-0.05, 0) is 25.9 Å². The van der Waals surface area contributed by atoms with Gasteiger partial charge in [-0.3, -0.25) is 0 Å². The van der Waals surface area contributed by atoms with Gasteiger partial charge in [-0.25, -0.2) is 0 Å². The Labute approximate surface area is 128 Å². The van der Waals surface area contributed by atoms with Crippen LogP contribution in [0.5, 0.6) is 0 Å². The van der Waals surface area contributed by atoms with Crippen LogP contribution < -0.4 is 0 Å². The van der Waals surface area contributed by atoms with Gasteiger partial charge in [-0.2, -0.15) is 0 Å². The third-order valence-corrected chi connectivity index (χ3v) is 4.24. The Bertz CT molecular complexity index is 180. The van der Waals surface area contributed by atoms with Crippen molar-refractivity contribution in [2.24, 2.45) is 0 Å². The van der Waals surface area contributed by atoms with Gasteiger partial charge in [0.1, 0.15) is 0 Å². The molecule has 1 atom stereocenters. The molecule has 0 saturated carbocycles. The van der Waals surface area contributed by atoms with E-state index in [1.165, 1.54) is 51.4 Å². The maximum Gasteiger partial charge on any atom is 0.0597 e. The van der Waals surface area contributed by atoms with Crippen LogP contribution >= 0.6 is 0 Å². The van der Waals surface area contributed by atoms with Gasteiger partial charge in [0.15, 0.2) is 0 Å². The highest BCUT2D eigenvalue weighted by Crippen LogP contribution is 2.13. The Morgan fingerprint density at radius 3 is 1.95 bits per heavy atom. The highest BCUT2D eigenvalue weighted by atomic mass is 16.5. The first kappa shape index (κ1) is 19.9. The molecular formula is C18H39NO. The molecule has 0 aliphatic carbocycles. The molecule has 0 aliphatic rings. The number of hydrogen-bond acceptors (Lipinski definition) is 2. The molecule has 0 fully saturated rings. The van der Waals surface area contributed by atoms with Crippen molar-refractivity contribution in [3.8, 4) is 0 Å². The molecule has 2 nitrogen and oxygen atoms in total. The lowest BCUT2D eigenvalue weighted by atomic mass is 10.1. The Morgan fingerprint density at radius 2 is 1.40 bits per heavy atom. The zero-order chi connectivity index (χ0) is 15.1. The number of ether oxygens (including phenoxy) is 1. The van der Waals surface area contributed by atoms with Crippen molar-refractivity contribution in [1.29, 1.82) is 0 Å². The van der Waals surface area contributed by atoms with Crippen LogP contribution in [0.3, 0.4) is 0 Å². The first-order valence-corrected chi connectivity index (χ1v) is 9.12. The molecule has 0 aromatic heterocycles. The summed E-state index contributed by atoms with van der Waals surface area (Å²) in [6.45, 7) is 13.2. The van der Waals surface area contributed by atoms with Crippen LogP contribution in [0.4, 0.5) is 0 Å². The van der Waals surface area contributed by atoms with Crippen LogP contribution in [-0.4, -0.2) is 37.2 Å². The van der Waals surface area contributed by atoms with Gasteiger partial charge in [0.2, 0.25) is 0 Å². The fourth-order valence-electron chi connectivity index (χ4n) is 2.62. The molecule has 0 N–H and O–H groups in total. The van der Waals surface area contributed by atoms with E-state index in [9.17, 15) is 0 Å². The van der Waals surface area contributed by atoms with Crippen molar-refractivity contribution in [2.45, 2.75) is 91.6 Å². The number of unbranched alkanes of at least 4 members (excludes halogenated alkanes) is 6. The first-order valence-electron chi connectivity index (χ1n) is 9.12. The first-order chi connectivity index (χ1) is 9.78. The van der Waals surface area contributed by atoms with Gasteiger partial charge >= 0.3 is 0 Å². The van der Waals surface area contributed by atoms with Crippen molar-refractivity contribution in [3.63, 3.8) is 0 Å². The van der Waals surface area contributed by atoms with E-state index < -0.39 is 0 Å². The number of hydrogen-bond donors (Lipinski definition) is 0. The molecule has 0 amide bonds. The summed E-state index contributed by atoms with van der Waals surface area (Å²) in [5.74, 6) is 0. The van der Waals surface area contributed by atoms with Crippen molar-refractivity contribution < 1.29 is 4.74 Å². The average molecular weight is 286 g/mol. The summed E-state index contributed by atoms with van der Waals surface area (Å²) in [5.41, 5.74) is 0. The Morgan fingerprint density at radius 1 is 0.800 bits per heavy atom. The standard InChI is InChI=1S/C18H39NO/c1-5-9-10-11-12-13-14-15-18(6-2)20-17-16-19(7-3)8-4/h18H,5-17H2,1-4H3. The summed E-state index contributed by atoms with van der Waals surface area (Å²) in [7, 11) is 0. The van der Waals surface area contributed by atoms with E-state index >= 15 is 0 Å². The molecule has 0 bridgehead atoms. The molecule has 0 aromatic carbocycles. The number of likely N-dealkylation sites (N-methyl/N-ethyl adjacent to an activating group) is 1. The molecule has 20 heavy (non-hydrogen) atoms. The zero-order valence-electron chi connectivity index (χ0n) is 14.6. The topological polar surface area (TPSA) is 12.5 Å². The van der Waals surface area contributed by atoms with Gasteiger partial charge in [0, 0.05) is 6.54 Å². The summed E-state index contributed by atoms with van der Waals surface area (Å²) >= 11 is 0. The second-order valence-electron chi connectivity index (χ2n) is 5.84. The van der Waals surface area contributed by atoms with Crippen LogP contribution in [0.15, 0.2) is 0 Å². The lowest BCUT2D eigenvalue weighted by Gasteiger charge is -2.21. The molecule has 2 heteroatoms. The van der Waals surface area contributed by atoms with Crippen molar-refractivity contribution in [1.82, 2.24) is 4.90 Å². The molecule has 0 radical (unpaired) electrons. The molecule has 0 aliphatic heterocycles. The third-order valence-electron chi connectivity index (χ3n) is 4.24. The quantitative estimate of drug-likeness (QED) is 0.380. The SMILES string of the molecule is CCCCCCCCCC(CC)OCCN(CC)CC. The largest absolute Gasteiger partial charge is 0.377 e. The minimum Gasteiger partial charge on any atom is -0.377 e. The molecule has 0 aromatic rings. The summed E-state index contributed by atoms with van der Waals surface area (Å²) in [6.07, 6.45) is 12.6. The molecule has 1 unspecified atom stereocenters. The predicted molar refractivity (Wildman–Crippen MR) is 90.4 cm³/mol. The summed E-state index contributed by atoms with van der Waals surface area (Å²) in [5, 5.41) is 0. The van der Waals surface area contributed by atoms with E-state index in [1.807, 2.05) is 0 Å². The van der Waals surface area contributed by atoms with Crippen LogP contribution in [0.25, 0.3) is 0 Å². The molecule has 0 heterocycles. The monoisotopic (exact) mass is 285 g/mol. The van der Waals surface area contributed by atoms with Gasteiger partial charge in [-0.15, -0.1) is 0 Å². The second-order valence-corrected chi connectivity index (χ2v) is 5.84. The van der Waals surface area contributed by atoms with Crippen LogP contribution in [0, 0.1) is 0 Å². The summed E-state index contributed by atoms with van der Waals surface area (Å²) in [6, 6.07) is 0. The Hall–Kier alpha value is -0.0800. The molecular weight excluding hydrogens is 246 g/mol. The molecule has 0 saturated heterocycles. The average Bonchev–Trinajstić information content (AvgIpc) is 2.48. The van der Waals surface area contributed by atoms with Gasteiger partial charge < -0.3 is 9.64 Å². The molecule has 122 valence electrons. The lowest BCUT2D eigenvalue weighted by Crippen LogP contribution is -2.28. The maximum atomic E-state index is 6.03. The van der Waals surface area contributed by atoms with Crippen LogP contribution in [0.1, 0.15) is 85.5 Å². The maximum absolute atomic E-state index is 6.03. The Balaban J connectivity index is 3.47. The number of rotatable bonds is 15. The molecule has 0 rings (SSSR count). The molecule has 0 spiro atoms. The smallest absolute Gasteiger partial charge is 0.0597 e. The summed E-state index contributed by atoms with van der Waals surface area (Å²) in [4.78, 5) is 2.43. The summed E-state index contributed by atoms with van der Waals surface area (Å²) < 4.78 is 6.03. The number of nitrogens with zero attached hydrogens (tertiary/aromatic N) is 1. The van der Waals surface area contributed by atoms with E-state index in [0.717, 1.165) is 32.7 Å². The predicted octanol–water partition coefficient (Wildman–Crippen LogP) is 5.26. The van der Waals surface area contributed by atoms with Gasteiger partial charge in [0.25, 0.3) is 0 Å². The van der Waals surface area contributed by atoms with Gasteiger partial charge in [0.05, 0.1) is 12.7 Å². The van der Waals surface area contributed by atoms with E-state index in [2.05, 4.69) is 32.6 Å². The minimum absolute atomic E-state index is 0.487. The highest BCUT2D eigenvalue weighted by Gasteiger charge is 2.07. The van der Waals surface area contributed by atoms with E-state index in [0.29, 0.717) is 6.10 Å². The fraction of sp³-hybridized carbons (Fsp3) is 1.00. The van der Waals surface area contributed by atoms with E-state index in [-0.39, 0.29) is 0 Å². The van der Waals surface area contributed by atoms with E-state index in [1.54, 1.807) is 0 Å². The van der Waals surface area contributed by atoms with Crippen LogP contribution in [0.2, 0.25) is 0 Å². The van der Waals surface area contributed by atoms with Crippen molar-refractivity contribution >= 4 is 0 Å². The Kier molecular flexibility index (Phi) is 15.3. The van der Waals surface area contributed by atoms with Gasteiger partial charge in [-0.1, -0.05) is 72.6 Å². The normalized spacial score (nSPS) is 13.1.